The Hall–Kier alpha value is -0.980. The normalized spacial score (nSPS) is 18.9. The molecule has 108 valence electrons. The molecule has 1 fully saturated rings. The van der Waals surface area contributed by atoms with Crippen LogP contribution in [0.3, 0.4) is 0 Å². The van der Waals surface area contributed by atoms with E-state index in [0.29, 0.717) is 17.9 Å². The van der Waals surface area contributed by atoms with Crippen LogP contribution in [0.4, 0.5) is 0 Å². The third-order valence-electron chi connectivity index (χ3n) is 2.94. The largest absolute Gasteiger partial charge is 0.481 e. The number of carboxylic acid groups (broad SMARTS) is 1. The Morgan fingerprint density at radius 3 is 2.90 bits per heavy atom. The van der Waals surface area contributed by atoms with E-state index in [-0.39, 0.29) is 28.5 Å². The summed E-state index contributed by atoms with van der Waals surface area (Å²) in [5.41, 5.74) is 0.321. The van der Waals surface area contributed by atoms with Crippen LogP contribution in [0.15, 0.2) is 12.3 Å². The van der Waals surface area contributed by atoms with Crippen molar-refractivity contribution in [3.05, 3.63) is 28.0 Å². The van der Waals surface area contributed by atoms with Crippen molar-refractivity contribution in [3.8, 4) is 0 Å². The predicted octanol–water partition coefficient (Wildman–Crippen LogP) is 2.42. The van der Waals surface area contributed by atoms with Crippen LogP contribution in [0.5, 0.6) is 0 Å². The summed E-state index contributed by atoms with van der Waals surface area (Å²) in [6, 6.07) is 1.15. The topological polar surface area (TPSA) is 70.5 Å². The molecule has 1 saturated heterocycles. The lowest BCUT2D eigenvalue weighted by Crippen LogP contribution is -2.47. The van der Waals surface area contributed by atoms with Crippen molar-refractivity contribution in [2.45, 2.75) is 12.5 Å². The van der Waals surface area contributed by atoms with Gasteiger partial charge in [0.1, 0.15) is 5.15 Å². The lowest BCUT2D eigenvalue weighted by Gasteiger charge is -2.34. The number of thioether (sulfide) groups is 1. The molecule has 20 heavy (non-hydrogen) atoms. The van der Waals surface area contributed by atoms with Crippen LogP contribution >= 0.6 is 35.0 Å². The number of aromatic nitrogens is 1. The zero-order chi connectivity index (χ0) is 14.7. The number of aliphatic carboxylic acids is 1. The van der Waals surface area contributed by atoms with Gasteiger partial charge in [0.2, 0.25) is 0 Å². The highest BCUT2D eigenvalue weighted by molar-refractivity contribution is 7.99. The van der Waals surface area contributed by atoms with Crippen molar-refractivity contribution in [1.29, 1.82) is 0 Å². The number of hydrogen-bond acceptors (Lipinski definition) is 4. The van der Waals surface area contributed by atoms with E-state index in [1.807, 2.05) is 0 Å². The van der Waals surface area contributed by atoms with Crippen molar-refractivity contribution in [2.24, 2.45) is 0 Å². The number of carbonyl (C=O) groups excluding carboxylic acids is 1. The van der Waals surface area contributed by atoms with Gasteiger partial charge in [0.05, 0.1) is 23.0 Å². The molecule has 1 atom stereocenters. The minimum atomic E-state index is -0.914. The fraction of sp³-hybridized carbons (Fsp3) is 0.417. The molecule has 0 saturated carbocycles. The molecule has 1 unspecified atom stereocenters. The standard InChI is InChI=1S/C12H12Cl2N2O3S/c13-9-3-7(5-15-11(9)14)12(19)16-1-2-20-6-8(16)4-10(17)18/h3,5,8H,1-2,4,6H2,(H,17,18). The molecule has 2 heterocycles. The third kappa shape index (κ3) is 3.56. The molecule has 0 radical (unpaired) electrons. The van der Waals surface area contributed by atoms with Crippen molar-refractivity contribution < 1.29 is 14.7 Å². The van der Waals surface area contributed by atoms with Gasteiger partial charge >= 0.3 is 5.97 Å². The number of rotatable bonds is 3. The second-order valence-corrected chi connectivity index (χ2v) is 6.24. The van der Waals surface area contributed by atoms with E-state index in [0.717, 1.165) is 5.75 Å². The third-order valence-corrected chi connectivity index (χ3v) is 4.72. The molecule has 2 rings (SSSR count). The van der Waals surface area contributed by atoms with E-state index in [9.17, 15) is 9.59 Å². The average molecular weight is 335 g/mol. The Kier molecular flexibility index (Phi) is 5.12. The summed E-state index contributed by atoms with van der Waals surface area (Å²) in [4.78, 5) is 28.7. The number of carbonyl (C=O) groups is 2. The van der Waals surface area contributed by atoms with Crippen molar-refractivity contribution >= 4 is 46.8 Å². The van der Waals surface area contributed by atoms with Crippen LogP contribution in [-0.2, 0) is 4.79 Å². The van der Waals surface area contributed by atoms with Crippen molar-refractivity contribution in [2.75, 3.05) is 18.1 Å². The van der Waals surface area contributed by atoms with Gasteiger partial charge in [-0.1, -0.05) is 23.2 Å². The summed E-state index contributed by atoms with van der Waals surface area (Å²) in [5.74, 6) is 0.230. The molecule has 1 aromatic rings. The van der Waals surface area contributed by atoms with Crippen molar-refractivity contribution in [1.82, 2.24) is 9.88 Å². The molecule has 1 aromatic heterocycles. The van der Waals surface area contributed by atoms with Gasteiger partial charge < -0.3 is 10.0 Å². The Labute approximate surface area is 130 Å². The van der Waals surface area contributed by atoms with Gasteiger partial charge in [-0.3, -0.25) is 9.59 Å². The first kappa shape index (κ1) is 15.4. The zero-order valence-electron chi connectivity index (χ0n) is 10.4. The summed E-state index contributed by atoms with van der Waals surface area (Å²) in [7, 11) is 0. The molecule has 5 nitrogen and oxygen atoms in total. The molecule has 0 spiro atoms. The Balaban J connectivity index is 2.20. The SMILES string of the molecule is O=C(O)CC1CSCCN1C(=O)c1cnc(Cl)c(Cl)c1. The van der Waals surface area contributed by atoms with Crippen LogP contribution in [0.1, 0.15) is 16.8 Å². The number of nitrogens with zero attached hydrogens (tertiary/aromatic N) is 2. The molecular weight excluding hydrogens is 323 g/mol. The Morgan fingerprint density at radius 2 is 2.25 bits per heavy atom. The van der Waals surface area contributed by atoms with E-state index in [4.69, 9.17) is 28.3 Å². The fourth-order valence-corrected chi connectivity index (χ4v) is 3.33. The first-order chi connectivity index (χ1) is 9.49. The summed E-state index contributed by atoms with van der Waals surface area (Å²) >= 11 is 13.2. The molecule has 1 amide bonds. The van der Waals surface area contributed by atoms with Gasteiger partial charge in [0.25, 0.3) is 5.91 Å². The van der Waals surface area contributed by atoms with Gasteiger partial charge in [-0.2, -0.15) is 11.8 Å². The molecule has 1 N–H and O–H groups in total. The average Bonchev–Trinajstić information content (AvgIpc) is 2.41. The lowest BCUT2D eigenvalue weighted by atomic mass is 10.1. The Morgan fingerprint density at radius 1 is 1.50 bits per heavy atom. The van der Waals surface area contributed by atoms with Gasteiger partial charge in [0, 0.05) is 24.2 Å². The molecule has 1 aliphatic rings. The monoisotopic (exact) mass is 334 g/mol. The molecule has 0 bridgehead atoms. The van der Waals surface area contributed by atoms with Crippen LogP contribution in [-0.4, -0.2) is 51.0 Å². The number of carboxylic acids is 1. The molecule has 0 aliphatic carbocycles. The highest BCUT2D eigenvalue weighted by Crippen LogP contribution is 2.24. The van der Waals surface area contributed by atoms with E-state index in [1.54, 1.807) is 16.7 Å². The molecule has 8 heteroatoms. The van der Waals surface area contributed by atoms with Crippen LogP contribution in [0, 0.1) is 0 Å². The van der Waals surface area contributed by atoms with Gasteiger partial charge in [0.15, 0.2) is 0 Å². The van der Waals surface area contributed by atoms with E-state index >= 15 is 0 Å². The smallest absolute Gasteiger partial charge is 0.305 e. The zero-order valence-corrected chi connectivity index (χ0v) is 12.7. The fourth-order valence-electron chi connectivity index (χ4n) is 2.00. The second kappa shape index (κ2) is 6.65. The maximum absolute atomic E-state index is 12.4. The van der Waals surface area contributed by atoms with E-state index in [2.05, 4.69) is 4.98 Å². The van der Waals surface area contributed by atoms with Crippen LogP contribution in [0.2, 0.25) is 10.2 Å². The summed E-state index contributed by atoms with van der Waals surface area (Å²) < 4.78 is 0. The minimum Gasteiger partial charge on any atom is -0.481 e. The summed E-state index contributed by atoms with van der Waals surface area (Å²) in [5, 5.41) is 9.26. The van der Waals surface area contributed by atoms with Crippen molar-refractivity contribution in [3.63, 3.8) is 0 Å². The Bertz CT molecular complexity index is 541. The number of pyridine rings is 1. The lowest BCUT2D eigenvalue weighted by molar-refractivity contribution is -0.138. The molecule has 1 aliphatic heterocycles. The summed E-state index contributed by atoms with van der Waals surface area (Å²) in [6.45, 7) is 0.516. The molecular formula is C12H12Cl2N2O3S. The second-order valence-electron chi connectivity index (χ2n) is 4.32. The van der Waals surface area contributed by atoms with Gasteiger partial charge in [-0.05, 0) is 6.07 Å². The highest BCUT2D eigenvalue weighted by atomic mass is 35.5. The summed E-state index contributed by atoms with van der Waals surface area (Å²) in [6.07, 6.45) is 1.30. The number of amides is 1. The maximum atomic E-state index is 12.4. The number of hydrogen-bond donors (Lipinski definition) is 1. The van der Waals surface area contributed by atoms with Crippen LogP contribution < -0.4 is 0 Å². The van der Waals surface area contributed by atoms with E-state index in [1.165, 1.54) is 12.3 Å². The van der Waals surface area contributed by atoms with Gasteiger partial charge in [-0.15, -0.1) is 0 Å². The quantitative estimate of drug-likeness (QED) is 0.859. The first-order valence-corrected chi connectivity index (χ1v) is 7.81. The van der Waals surface area contributed by atoms with Gasteiger partial charge in [-0.25, -0.2) is 4.98 Å². The maximum Gasteiger partial charge on any atom is 0.305 e. The predicted molar refractivity (Wildman–Crippen MR) is 78.7 cm³/mol. The van der Waals surface area contributed by atoms with E-state index < -0.39 is 5.97 Å². The minimum absolute atomic E-state index is 0.0620. The molecule has 0 aromatic carbocycles. The number of halogens is 2. The first-order valence-electron chi connectivity index (χ1n) is 5.90. The van der Waals surface area contributed by atoms with Crippen LogP contribution in [0.25, 0.3) is 0 Å². The highest BCUT2D eigenvalue weighted by Gasteiger charge is 2.29.